The number of hydrogen-bond donors (Lipinski definition) is 1. The topological polar surface area (TPSA) is 72.2 Å². The van der Waals surface area contributed by atoms with Crippen LogP contribution in [0, 0.1) is 13.8 Å². The van der Waals surface area contributed by atoms with Crippen LogP contribution in [0.5, 0.6) is 0 Å². The van der Waals surface area contributed by atoms with E-state index in [0.29, 0.717) is 9.48 Å². The number of rotatable bonds is 4. The number of benzene rings is 1. The first-order valence-electron chi connectivity index (χ1n) is 6.66. The highest BCUT2D eigenvalue weighted by Gasteiger charge is 2.22. The monoisotopic (exact) mass is 412 g/mol. The Morgan fingerprint density at radius 1 is 1.22 bits per heavy atom. The van der Waals surface area contributed by atoms with Gasteiger partial charge < -0.3 is 4.42 Å². The fraction of sp³-hybridized carbons (Fsp3) is 0.133. The predicted octanol–water partition coefficient (Wildman–Crippen LogP) is 4.58. The molecular formula is C15H13BrN2O3S2. The highest BCUT2D eigenvalue weighted by atomic mass is 79.9. The van der Waals surface area contributed by atoms with Gasteiger partial charge in [-0.15, -0.1) is 11.3 Å². The molecule has 0 aliphatic heterocycles. The summed E-state index contributed by atoms with van der Waals surface area (Å²) in [7, 11) is -3.74. The average Bonchev–Trinajstić information content (AvgIpc) is 3.11. The number of hydrogen-bond acceptors (Lipinski definition) is 5. The van der Waals surface area contributed by atoms with E-state index in [1.54, 1.807) is 0 Å². The van der Waals surface area contributed by atoms with Crippen LogP contribution in [0.25, 0.3) is 10.6 Å². The minimum Gasteiger partial charge on any atom is -0.446 e. The molecule has 120 valence electrons. The Kier molecular flexibility index (Phi) is 4.31. The molecule has 1 aromatic carbocycles. The smallest absolute Gasteiger partial charge is 0.275 e. The number of aromatic nitrogens is 1. The second-order valence-corrected chi connectivity index (χ2v) is 8.75. The summed E-state index contributed by atoms with van der Waals surface area (Å²) < 4.78 is 33.2. The second-order valence-electron chi connectivity index (χ2n) is 5.02. The largest absolute Gasteiger partial charge is 0.446 e. The fourth-order valence-corrected chi connectivity index (χ4v) is 4.44. The summed E-state index contributed by atoms with van der Waals surface area (Å²) in [6.45, 7) is 3.81. The Morgan fingerprint density at radius 2 is 1.91 bits per heavy atom. The molecule has 0 saturated heterocycles. The molecule has 2 aromatic heterocycles. The molecule has 0 atom stereocenters. The number of furan rings is 1. The van der Waals surface area contributed by atoms with Crippen LogP contribution < -0.4 is 4.72 Å². The summed E-state index contributed by atoms with van der Waals surface area (Å²) in [5, 5.41) is 0.653. The molecule has 0 spiro atoms. The van der Waals surface area contributed by atoms with E-state index in [0.717, 1.165) is 28.0 Å². The normalized spacial score (nSPS) is 11.6. The minimum atomic E-state index is -3.74. The van der Waals surface area contributed by atoms with Crippen LogP contribution >= 0.6 is 27.3 Å². The van der Waals surface area contributed by atoms with Crippen molar-refractivity contribution < 1.29 is 12.8 Å². The molecule has 0 aliphatic rings. The highest BCUT2D eigenvalue weighted by molar-refractivity contribution is 9.10. The van der Waals surface area contributed by atoms with Gasteiger partial charge in [-0.25, -0.2) is 18.1 Å². The SMILES string of the molecule is Cc1ccc(-c2ncc(S(=O)(=O)Nc3occ(C)c3Br)s2)cc1. The quantitative estimate of drug-likeness (QED) is 0.680. The maximum absolute atomic E-state index is 12.4. The first-order chi connectivity index (χ1) is 10.9. The van der Waals surface area contributed by atoms with Crippen LogP contribution in [0.2, 0.25) is 0 Å². The first-order valence-corrected chi connectivity index (χ1v) is 9.75. The molecule has 0 bridgehead atoms. The first kappa shape index (κ1) is 16.2. The third-order valence-corrected chi connectivity index (χ3v) is 7.00. The van der Waals surface area contributed by atoms with Crippen molar-refractivity contribution in [2.24, 2.45) is 0 Å². The van der Waals surface area contributed by atoms with Gasteiger partial charge in [0.1, 0.15) is 5.01 Å². The van der Waals surface area contributed by atoms with Gasteiger partial charge in [-0.2, -0.15) is 0 Å². The molecule has 23 heavy (non-hydrogen) atoms. The van der Waals surface area contributed by atoms with Crippen LogP contribution in [0.3, 0.4) is 0 Å². The van der Waals surface area contributed by atoms with Gasteiger partial charge in [-0.05, 0) is 29.8 Å². The third-order valence-electron chi connectivity index (χ3n) is 3.17. The van der Waals surface area contributed by atoms with E-state index in [1.165, 1.54) is 12.5 Å². The molecule has 0 fully saturated rings. The molecular weight excluding hydrogens is 400 g/mol. The van der Waals surface area contributed by atoms with Crippen molar-refractivity contribution in [2.75, 3.05) is 4.72 Å². The van der Waals surface area contributed by atoms with E-state index in [2.05, 4.69) is 25.6 Å². The van der Waals surface area contributed by atoms with Crippen LogP contribution in [0.1, 0.15) is 11.1 Å². The van der Waals surface area contributed by atoms with Gasteiger partial charge in [0.15, 0.2) is 4.21 Å². The number of nitrogens with one attached hydrogen (secondary N) is 1. The van der Waals surface area contributed by atoms with Crippen molar-refractivity contribution in [3.8, 4) is 10.6 Å². The zero-order chi connectivity index (χ0) is 16.6. The lowest BCUT2D eigenvalue weighted by Gasteiger charge is -2.02. The Morgan fingerprint density at radius 3 is 2.52 bits per heavy atom. The Balaban J connectivity index is 1.89. The number of sulfonamides is 1. The Bertz CT molecular complexity index is 944. The molecule has 5 nitrogen and oxygen atoms in total. The number of anilines is 1. The summed E-state index contributed by atoms with van der Waals surface area (Å²) in [6, 6.07) is 7.77. The van der Waals surface area contributed by atoms with Crippen molar-refractivity contribution in [1.82, 2.24) is 4.98 Å². The van der Waals surface area contributed by atoms with Gasteiger partial charge in [0, 0.05) is 11.1 Å². The van der Waals surface area contributed by atoms with Gasteiger partial charge >= 0.3 is 0 Å². The maximum Gasteiger partial charge on any atom is 0.275 e. The molecule has 0 saturated carbocycles. The lowest BCUT2D eigenvalue weighted by Crippen LogP contribution is -2.11. The van der Waals surface area contributed by atoms with Crippen molar-refractivity contribution in [2.45, 2.75) is 18.1 Å². The highest BCUT2D eigenvalue weighted by Crippen LogP contribution is 2.32. The molecule has 8 heteroatoms. The lowest BCUT2D eigenvalue weighted by atomic mass is 10.2. The molecule has 0 unspecified atom stereocenters. The van der Waals surface area contributed by atoms with Gasteiger partial charge in [0.2, 0.25) is 5.88 Å². The average molecular weight is 413 g/mol. The number of aryl methyl sites for hydroxylation is 2. The van der Waals surface area contributed by atoms with Gasteiger partial charge in [0.25, 0.3) is 10.0 Å². The molecule has 2 heterocycles. The summed E-state index contributed by atoms with van der Waals surface area (Å²) in [6.07, 6.45) is 2.83. The third kappa shape index (κ3) is 3.34. The van der Waals surface area contributed by atoms with Crippen LogP contribution in [-0.2, 0) is 10.0 Å². The van der Waals surface area contributed by atoms with Crippen LogP contribution in [-0.4, -0.2) is 13.4 Å². The molecule has 3 rings (SSSR count). The Hall–Kier alpha value is -1.64. The number of nitrogens with zero attached hydrogens (tertiary/aromatic N) is 1. The number of thiazole rings is 1. The summed E-state index contributed by atoms with van der Waals surface area (Å²) in [5.41, 5.74) is 2.84. The van der Waals surface area contributed by atoms with Gasteiger partial charge in [0.05, 0.1) is 16.9 Å². The van der Waals surface area contributed by atoms with E-state index < -0.39 is 10.0 Å². The van der Waals surface area contributed by atoms with E-state index >= 15 is 0 Å². The summed E-state index contributed by atoms with van der Waals surface area (Å²) >= 11 is 4.40. The van der Waals surface area contributed by atoms with E-state index in [4.69, 9.17) is 4.42 Å². The lowest BCUT2D eigenvalue weighted by molar-refractivity contribution is 0.574. The maximum atomic E-state index is 12.4. The Labute approximate surface area is 146 Å². The predicted molar refractivity (Wildman–Crippen MR) is 94.2 cm³/mol. The van der Waals surface area contributed by atoms with E-state index in [1.807, 2.05) is 38.1 Å². The van der Waals surface area contributed by atoms with Crippen molar-refractivity contribution in [1.29, 1.82) is 0 Å². The fourth-order valence-electron chi connectivity index (χ4n) is 1.88. The molecule has 3 aromatic rings. The van der Waals surface area contributed by atoms with Gasteiger partial charge in [-0.1, -0.05) is 29.8 Å². The molecule has 0 radical (unpaired) electrons. The zero-order valence-corrected chi connectivity index (χ0v) is 15.5. The molecule has 0 aliphatic carbocycles. The minimum absolute atomic E-state index is 0.133. The summed E-state index contributed by atoms with van der Waals surface area (Å²) in [5.74, 6) is 0.160. The standard InChI is InChI=1S/C15H13BrN2O3S2/c1-9-3-5-11(6-4-9)15-17-7-12(22-15)23(19,20)18-14-13(16)10(2)8-21-14/h3-8,18H,1-2H3. The van der Waals surface area contributed by atoms with Crippen LogP contribution in [0.4, 0.5) is 5.88 Å². The number of halogens is 1. The van der Waals surface area contributed by atoms with E-state index in [-0.39, 0.29) is 10.1 Å². The van der Waals surface area contributed by atoms with Crippen molar-refractivity contribution in [3.05, 3.63) is 52.3 Å². The van der Waals surface area contributed by atoms with Gasteiger partial charge in [-0.3, -0.25) is 0 Å². The molecule has 1 N–H and O–H groups in total. The zero-order valence-electron chi connectivity index (χ0n) is 12.3. The summed E-state index contributed by atoms with van der Waals surface area (Å²) in [4.78, 5) is 4.21. The van der Waals surface area contributed by atoms with Crippen molar-refractivity contribution >= 4 is 43.2 Å². The van der Waals surface area contributed by atoms with Crippen molar-refractivity contribution in [3.63, 3.8) is 0 Å². The van der Waals surface area contributed by atoms with E-state index in [9.17, 15) is 8.42 Å². The second kappa shape index (κ2) is 6.10. The molecule has 0 amide bonds. The van der Waals surface area contributed by atoms with Crippen LogP contribution in [0.15, 0.2) is 49.8 Å².